The summed E-state index contributed by atoms with van der Waals surface area (Å²) < 4.78 is 0. The van der Waals surface area contributed by atoms with Crippen molar-refractivity contribution >= 4 is 44.0 Å². The first-order chi connectivity index (χ1) is 10.4. The van der Waals surface area contributed by atoms with E-state index >= 15 is 0 Å². The normalized spacial score (nSPS) is 20.1. The number of fused-ring (bicyclic) bond motifs is 2. The van der Waals surface area contributed by atoms with E-state index in [0.717, 1.165) is 0 Å². The Kier molecular flexibility index (Phi) is 4.35. The Hall–Kier alpha value is -0.860. The van der Waals surface area contributed by atoms with E-state index in [4.69, 9.17) is 0 Å². The number of hydrogen-bond acceptors (Lipinski definition) is 0. The Balaban J connectivity index is 2.35. The van der Waals surface area contributed by atoms with Gasteiger partial charge in [-0.05, 0) is 72.2 Å². The standard InChI is InChI=1S/C20H20Br2/c1-11-5-7-13(3)17-15(11)9-10-16-12(2)6-8-14(4)18(16)20(22)19(17)21/h5-10,19-20H,1-4H3. The van der Waals surface area contributed by atoms with Gasteiger partial charge in [0.1, 0.15) is 0 Å². The summed E-state index contributed by atoms with van der Waals surface area (Å²) >= 11 is 7.94. The summed E-state index contributed by atoms with van der Waals surface area (Å²) in [7, 11) is 0. The third-order valence-electron chi connectivity index (χ3n) is 4.67. The van der Waals surface area contributed by atoms with Crippen molar-refractivity contribution in [2.24, 2.45) is 0 Å². The quantitative estimate of drug-likeness (QED) is 0.404. The van der Waals surface area contributed by atoms with Gasteiger partial charge in [-0.1, -0.05) is 68.3 Å². The molecule has 2 atom stereocenters. The summed E-state index contributed by atoms with van der Waals surface area (Å²) in [6, 6.07) is 8.88. The summed E-state index contributed by atoms with van der Waals surface area (Å²) in [4.78, 5) is 0.512. The van der Waals surface area contributed by atoms with Crippen molar-refractivity contribution < 1.29 is 0 Å². The zero-order chi connectivity index (χ0) is 16.0. The Morgan fingerprint density at radius 1 is 0.591 bits per heavy atom. The molecule has 0 saturated heterocycles. The van der Waals surface area contributed by atoms with E-state index in [1.54, 1.807) is 0 Å². The van der Waals surface area contributed by atoms with Crippen LogP contribution in [0.15, 0.2) is 24.3 Å². The molecule has 0 saturated carbocycles. The van der Waals surface area contributed by atoms with Crippen molar-refractivity contribution in [3.63, 3.8) is 0 Å². The summed E-state index contributed by atoms with van der Waals surface area (Å²) in [5, 5.41) is 0. The molecule has 2 aromatic rings. The molecule has 0 heterocycles. The highest BCUT2D eigenvalue weighted by atomic mass is 79.9. The predicted molar refractivity (Wildman–Crippen MR) is 104 cm³/mol. The molecule has 0 radical (unpaired) electrons. The second-order valence-electron chi connectivity index (χ2n) is 6.19. The van der Waals surface area contributed by atoms with Crippen LogP contribution in [0.3, 0.4) is 0 Å². The summed E-state index contributed by atoms with van der Waals surface area (Å²) in [6.45, 7) is 8.78. The molecule has 0 nitrogen and oxygen atoms in total. The maximum atomic E-state index is 3.97. The lowest BCUT2D eigenvalue weighted by Crippen LogP contribution is -2.10. The zero-order valence-corrected chi connectivity index (χ0v) is 16.5. The van der Waals surface area contributed by atoms with Gasteiger partial charge in [0.15, 0.2) is 0 Å². The third kappa shape index (κ3) is 2.51. The zero-order valence-electron chi connectivity index (χ0n) is 13.4. The van der Waals surface area contributed by atoms with Crippen molar-refractivity contribution in [1.29, 1.82) is 0 Å². The molecule has 0 bridgehead atoms. The Labute approximate surface area is 149 Å². The molecular weight excluding hydrogens is 400 g/mol. The number of benzene rings is 2. The molecule has 2 heteroatoms. The number of alkyl halides is 2. The van der Waals surface area contributed by atoms with Crippen LogP contribution in [-0.2, 0) is 0 Å². The van der Waals surface area contributed by atoms with Crippen molar-refractivity contribution in [3.8, 4) is 0 Å². The van der Waals surface area contributed by atoms with E-state index in [1.165, 1.54) is 44.5 Å². The Morgan fingerprint density at radius 3 is 1.27 bits per heavy atom. The molecule has 0 N–H and O–H groups in total. The van der Waals surface area contributed by atoms with Crippen LogP contribution in [0.25, 0.3) is 12.2 Å². The molecule has 0 fully saturated rings. The van der Waals surface area contributed by atoms with Crippen LogP contribution in [-0.4, -0.2) is 0 Å². The average Bonchev–Trinajstić information content (AvgIpc) is 2.48. The van der Waals surface area contributed by atoms with Gasteiger partial charge in [-0.3, -0.25) is 0 Å². The van der Waals surface area contributed by atoms with Gasteiger partial charge >= 0.3 is 0 Å². The first kappa shape index (κ1) is 16.0. The largest absolute Gasteiger partial charge is 0.0822 e. The van der Waals surface area contributed by atoms with Crippen LogP contribution in [0.4, 0.5) is 0 Å². The number of hydrogen-bond donors (Lipinski definition) is 0. The highest BCUT2D eigenvalue weighted by Crippen LogP contribution is 2.49. The molecule has 1 aliphatic carbocycles. The maximum Gasteiger partial charge on any atom is 0.0570 e. The SMILES string of the molecule is Cc1ccc(C)c2c1C=Cc1c(C)ccc(C)c1C(Br)C2Br. The third-order valence-corrected chi connectivity index (χ3v) is 7.35. The number of aryl methyl sites for hydroxylation is 4. The van der Waals surface area contributed by atoms with Crippen LogP contribution in [0, 0.1) is 27.7 Å². The van der Waals surface area contributed by atoms with Gasteiger partial charge in [0.05, 0.1) is 9.65 Å². The minimum Gasteiger partial charge on any atom is -0.0822 e. The maximum absolute atomic E-state index is 3.97. The monoisotopic (exact) mass is 418 g/mol. The summed E-state index contributed by atoms with van der Waals surface area (Å²) in [6.07, 6.45) is 4.58. The lowest BCUT2D eigenvalue weighted by Gasteiger charge is -2.28. The van der Waals surface area contributed by atoms with Crippen LogP contribution >= 0.6 is 31.9 Å². The van der Waals surface area contributed by atoms with E-state index in [9.17, 15) is 0 Å². The first-order valence-electron chi connectivity index (χ1n) is 7.58. The van der Waals surface area contributed by atoms with Gasteiger partial charge in [0.2, 0.25) is 0 Å². The molecule has 2 unspecified atom stereocenters. The fourth-order valence-electron chi connectivity index (χ4n) is 3.34. The molecule has 0 amide bonds. The van der Waals surface area contributed by atoms with Crippen LogP contribution in [0.1, 0.15) is 54.2 Å². The van der Waals surface area contributed by atoms with Gasteiger partial charge in [-0.2, -0.15) is 0 Å². The highest BCUT2D eigenvalue weighted by Gasteiger charge is 2.28. The molecule has 114 valence electrons. The van der Waals surface area contributed by atoms with Crippen molar-refractivity contribution in [2.75, 3.05) is 0 Å². The molecule has 3 rings (SSSR count). The van der Waals surface area contributed by atoms with Gasteiger partial charge in [0, 0.05) is 0 Å². The van der Waals surface area contributed by atoms with Crippen molar-refractivity contribution in [1.82, 2.24) is 0 Å². The van der Waals surface area contributed by atoms with E-state index in [0.29, 0.717) is 0 Å². The Morgan fingerprint density at radius 2 is 0.909 bits per heavy atom. The van der Waals surface area contributed by atoms with Gasteiger partial charge in [-0.25, -0.2) is 0 Å². The molecule has 0 aromatic heterocycles. The molecule has 2 aromatic carbocycles. The lowest BCUT2D eigenvalue weighted by atomic mass is 9.85. The van der Waals surface area contributed by atoms with Gasteiger partial charge < -0.3 is 0 Å². The second-order valence-corrected chi connectivity index (χ2v) is 8.16. The topological polar surface area (TPSA) is 0 Å². The van der Waals surface area contributed by atoms with Crippen LogP contribution in [0.5, 0.6) is 0 Å². The van der Waals surface area contributed by atoms with E-state index in [1.807, 2.05) is 0 Å². The minimum absolute atomic E-state index is 0.256. The molecule has 0 aliphatic heterocycles. The fraction of sp³-hybridized carbons (Fsp3) is 0.300. The van der Waals surface area contributed by atoms with E-state index in [2.05, 4.69) is 96.0 Å². The molecule has 22 heavy (non-hydrogen) atoms. The Bertz CT molecular complexity index is 706. The summed E-state index contributed by atoms with van der Waals surface area (Å²) in [5.74, 6) is 0. The number of rotatable bonds is 0. The van der Waals surface area contributed by atoms with Crippen LogP contribution in [0.2, 0.25) is 0 Å². The average molecular weight is 420 g/mol. The van der Waals surface area contributed by atoms with Crippen molar-refractivity contribution in [3.05, 3.63) is 68.8 Å². The van der Waals surface area contributed by atoms with Gasteiger partial charge in [0.25, 0.3) is 0 Å². The smallest absolute Gasteiger partial charge is 0.0570 e. The predicted octanol–water partition coefficient (Wildman–Crippen LogP) is 6.98. The van der Waals surface area contributed by atoms with E-state index in [-0.39, 0.29) is 9.65 Å². The molecular formula is C20H20Br2. The second kappa shape index (κ2) is 5.98. The first-order valence-corrected chi connectivity index (χ1v) is 9.41. The summed E-state index contributed by atoms with van der Waals surface area (Å²) in [5.41, 5.74) is 10.8. The lowest BCUT2D eigenvalue weighted by molar-refractivity contribution is 0.907. The van der Waals surface area contributed by atoms with Crippen LogP contribution < -0.4 is 0 Å². The van der Waals surface area contributed by atoms with Crippen molar-refractivity contribution in [2.45, 2.75) is 37.3 Å². The fourth-order valence-corrected chi connectivity index (χ4v) is 5.09. The number of halogens is 2. The highest BCUT2D eigenvalue weighted by molar-refractivity contribution is 9.12. The molecule has 0 spiro atoms. The minimum atomic E-state index is 0.256. The van der Waals surface area contributed by atoms with E-state index < -0.39 is 0 Å². The van der Waals surface area contributed by atoms with Gasteiger partial charge in [-0.15, -0.1) is 0 Å². The molecule has 1 aliphatic rings.